The third-order valence-corrected chi connectivity index (χ3v) is 3.54. The molecule has 4 nitrogen and oxygen atoms in total. The van der Waals surface area contributed by atoms with Crippen LogP contribution >= 0.6 is 24.0 Å². The Kier molecular flexibility index (Phi) is 9.81. The standard InChI is InChI=1S/C13H27N3O.HI/c1-3-9-15-12(14)16-11-13(6-5-7-13)8-10-17-4-2;/h3-11H2,1-2H3,(H3,14,15,16);1H. The first-order valence-corrected chi connectivity index (χ1v) is 6.84. The highest BCUT2D eigenvalue weighted by Crippen LogP contribution is 2.44. The van der Waals surface area contributed by atoms with Crippen molar-refractivity contribution in [2.45, 2.75) is 46.0 Å². The van der Waals surface area contributed by atoms with Crippen LogP contribution < -0.4 is 11.1 Å². The Hall–Kier alpha value is -0.0400. The van der Waals surface area contributed by atoms with Crippen LogP contribution in [0.3, 0.4) is 0 Å². The molecule has 1 rings (SSSR count). The molecule has 0 heterocycles. The lowest BCUT2D eigenvalue weighted by Gasteiger charge is -2.40. The Morgan fingerprint density at radius 3 is 2.61 bits per heavy atom. The number of halogens is 1. The summed E-state index contributed by atoms with van der Waals surface area (Å²) in [6.45, 7) is 7.58. The maximum atomic E-state index is 5.81. The second-order valence-electron chi connectivity index (χ2n) is 4.93. The molecule has 0 amide bonds. The fourth-order valence-corrected chi connectivity index (χ4v) is 2.16. The second-order valence-corrected chi connectivity index (χ2v) is 4.93. The van der Waals surface area contributed by atoms with E-state index >= 15 is 0 Å². The van der Waals surface area contributed by atoms with Crippen molar-refractivity contribution in [3.05, 3.63) is 0 Å². The van der Waals surface area contributed by atoms with Gasteiger partial charge in [-0.15, -0.1) is 24.0 Å². The number of ether oxygens (including phenoxy) is 1. The first kappa shape index (κ1) is 18.0. The second kappa shape index (κ2) is 9.83. The van der Waals surface area contributed by atoms with Gasteiger partial charge in [0.15, 0.2) is 5.96 Å². The van der Waals surface area contributed by atoms with Gasteiger partial charge in [-0.05, 0) is 38.0 Å². The quantitative estimate of drug-likeness (QED) is 0.299. The minimum atomic E-state index is 0. The molecule has 0 aromatic rings. The van der Waals surface area contributed by atoms with Crippen LogP contribution in [-0.4, -0.2) is 32.3 Å². The Bertz CT molecular complexity index is 242. The number of hydrogen-bond acceptors (Lipinski definition) is 2. The van der Waals surface area contributed by atoms with Crippen LogP contribution in [0.5, 0.6) is 0 Å². The Morgan fingerprint density at radius 2 is 2.11 bits per heavy atom. The number of aliphatic imine (C=N–C) groups is 1. The predicted molar refractivity (Wildman–Crippen MR) is 87.6 cm³/mol. The lowest BCUT2D eigenvalue weighted by molar-refractivity contribution is 0.0609. The number of nitrogens with zero attached hydrogens (tertiary/aromatic N) is 1. The van der Waals surface area contributed by atoms with E-state index in [1.165, 1.54) is 19.3 Å². The molecule has 1 aliphatic carbocycles. The van der Waals surface area contributed by atoms with E-state index in [0.29, 0.717) is 11.4 Å². The number of rotatable bonds is 8. The maximum absolute atomic E-state index is 5.81. The van der Waals surface area contributed by atoms with Crippen LogP contribution in [0.25, 0.3) is 0 Å². The van der Waals surface area contributed by atoms with Gasteiger partial charge in [-0.1, -0.05) is 13.3 Å². The Morgan fingerprint density at radius 1 is 1.39 bits per heavy atom. The van der Waals surface area contributed by atoms with Gasteiger partial charge in [-0.3, -0.25) is 4.99 Å². The van der Waals surface area contributed by atoms with Gasteiger partial charge in [0, 0.05) is 26.3 Å². The van der Waals surface area contributed by atoms with E-state index in [0.717, 1.165) is 39.1 Å². The SMILES string of the molecule is CCCNC(N)=NCC1(CCOCC)CCC1.I. The normalized spacial score (nSPS) is 17.8. The van der Waals surface area contributed by atoms with Gasteiger partial charge in [0.1, 0.15) is 0 Å². The topological polar surface area (TPSA) is 59.6 Å². The molecule has 0 aromatic heterocycles. The molecule has 0 saturated heterocycles. The zero-order chi connectivity index (χ0) is 12.6. The average Bonchev–Trinajstić information content (AvgIpc) is 2.29. The highest BCUT2D eigenvalue weighted by Gasteiger charge is 2.36. The molecule has 5 heteroatoms. The van der Waals surface area contributed by atoms with E-state index in [2.05, 4.69) is 17.2 Å². The fourth-order valence-electron chi connectivity index (χ4n) is 2.16. The first-order chi connectivity index (χ1) is 8.22. The summed E-state index contributed by atoms with van der Waals surface area (Å²) in [5, 5.41) is 3.12. The summed E-state index contributed by atoms with van der Waals surface area (Å²) < 4.78 is 5.44. The Balaban J connectivity index is 0.00000289. The summed E-state index contributed by atoms with van der Waals surface area (Å²) in [7, 11) is 0. The van der Waals surface area contributed by atoms with Crippen molar-refractivity contribution in [1.29, 1.82) is 0 Å². The lowest BCUT2D eigenvalue weighted by atomic mass is 9.67. The zero-order valence-corrected chi connectivity index (χ0v) is 14.0. The van der Waals surface area contributed by atoms with Crippen molar-refractivity contribution in [3.63, 3.8) is 0 Å². The molecule has 0 unspecified atom stereocenters. The molecular weight excluding hydrogens is 341 g/mol. The molecule has 1 fully saturated rings. The molecule has 0 bridgehead atoms. The molecular formula is C13H28IN3O. The molecule has 3 N–H and O–H groups in total. The maximum Gasteiger partial charge on any atom is 0.188 e. The van der Waals surface area contributed by atoms with Gasteiger partial charge in [0.25, 0.3) is 0 Å². The summed E-state index contributed by atoms with van der Waals surface area (Å²) >= 11 is 0. The molecule has 0 radical (unpaired) electrons. The molecule has 0 atom stereocenters. The predicted octanol–water partition coefficient (Wildman–Crippen LogP) is 2.52. The summed E-state index contributed by atoms with van der Waals surface area (Å²) in [6, 6.07) is 0. The van der Waals surface area contributed by atoms with Gasteiger partial charge in [-0.25, -0.2) is 0 Å². The van der Waals surface area contributed by atoms with Crippen LogP contribution in [0.15, 0.2) is 4.99 Å². The van der Waals surface area contributed by atoms with Crippen LogP contribution in [-0.2, 0) is 4.74 Å². The Labute approximate surface area is 128 Å². The summed E-state index contributed by atoms with van der Waals surface area (Å²) in [6.07, 6.45) is 6.05. The third-order valence-electron chi connectivity index (χ3n) is 3.54. The van der Waals surface area contributed by atoms with Crippen molar-refractivity contribution in [2.75, 3.05) is 26.3 Å². The van der Waals surface area contributed by atoms with E-state index in [9.17, 15) is 0 Å². The summed E-state index contributed by atoms with van der Waals surface area (Å²) in [5.41, 5.74) is 6.18. The lowest BCUT2D eigenvalue weighted by Crippen LogP contribution is -2.37. The monoisotopic (exact) mass is 369 g/mol. The minimum Gasteiger partial charge on any atom is -0.382 e. The van der Waals surface area contributed by atoms with Crippen LogP contribution in [0.4, 0.5) is 0 Å². The number of nitrogens with one attached hydrogen (secondary N) is 1. The molecule has 0 aromatic carbocycles. The number of nitrogens with two attached hydrogens (primary N) is 1. The van der Waals surface area contributed by atoms with Crippen LogP contribution in [0.1, 0.15) is 46.0 Å². The van der Waals surface area contributed by atoms with Crippen LogP contribution in [0, 0.1) is 5.41 Å². The van der Waals surface area contributed by atoms with Crippen LogP contribution in [0.2, 0.25) is 0 Å². The van der Waals surface area contributed by atoms with Crippen molar-refractivity contribution in [1.82, 2.24) is 5.32 Å². The van der Waals surface area contributed by atoms with Gasteiger partial charge in [0.2, 0.25) is 0 Å². The van der Waals surface area contributed by atoms with Gasteiger partial charge in [-0.2, -0.15) is 0 Å². The zero-order valence-electron chi connectivity index (χ0n) is 11.7. The van der Waals surface area contributed by atoms with E-state index in [1.807, 2.05) is 6.92 Å². The number of guanidine groups is 1. The highest BCUT2D eigenvalue weighted by atomic mass is 127. The molecule has 108 valence electrons. The average molecular weight is 369 g/mol. The van der Waals surface area contributed by atoms with Crippen molar-refractivity contribution >= 4 is 29.9 Å². The summed E-state index contributed by atoms with van der Waals surface area (Å²) in [5.74, 6) is 0.592. The van der Waals surface area contributed by atoms with Crippen molar-refractivity contribution < 1.29 is 4.74 Å². The molecule has 0 aliphatic heterocycles. The molecule has 0 spiro atoms. The van der Waals surface area contributed by atoms with Crippen molar-refractivity contribution in [2.24, 2.45) is 16.1 Å². The van der Waals surface area contributed by atoms with E-state index in [4.69, 9.17) is 10.5 Å². The largest absolute Gasteiger partial charge is 0.382 e. The highest BCUT2D eigenvalue weighted by molar-refractivity contribution is 14.0. The van der Waals surface area contributed by atoms with E-state index < -0.39 is 0 Å². The molecule has 18 heavy (non-hydrogen) atoms. The smallest absolute Gasteiger partial charge is 0.188 e. The number of hydrogen-bond donors (Lipinski definition) is 2. The fraction of sp³-hybridized carbons (Fsp3) is 0.923. The van der Waals surface area contributed by atoms with Gasteiger partial charge >= 0.3 is 0 Å². The molecule has 1 aliphatic rings. The third kappa shape index (κ3) is 6.22. The summed E-state index contributed by atoms with van der Waals surface area (Å²) in [4.78, 5) is 4.46. The van der Waals surface area contributed by atoms with E-state index in [1.54, 1.807) is 0 Å². The van der Waals surface area contributed by atoms with Gasteiger partial charge < -0.3 is 15.8 Å². The first-order valence-electron chi connectivity index (χ1n) is 6.84. The van der Waals surface area contributed by atoms with E-state index in [-0.39, 0.29) is 24.0 Å². The molecule has 1 saturated carbocycles. The van der Waals surface area contributed by atoms with Gasteiger partial charge in [0.05, 0.1) is 0 Å². The van der Waals surface area contributed by atoms with Crippen molar-refractivity contribution in [3.8, 4) is 0 Å². The minimum absolute atomic E-state index is 0.